The molecule has 244 valence electrons. The van der Waals surface area contributed by atoms with E-state index in [9.17, 15) is 9.59 Å². The standard InChI is InChI=1S/C36H53N7O2/c1-9-33-15-14-30(31-21-38-41(7)24-31)18-27(5)43(33,8)17-11-12-26(4)36(45)40-34-20-32(22-37-28(34)6)39-35(44)19-29-13-10-16-42(23-29)25(2)3/h12,14-15,18,20-22,24-25,27,29,33H,9-11,13,16-17,19,23H2,1-8H3,(H-,39,40,44,45)/p+1. The number of pyridine rings is 1. The molecule has 2 aromatic rings. The van der Waals surface area contributed by atoms with Gasteiger partial charge in [0, 0.05) is 56.2 Å². The van der Waals surface area contributed by atoms with Gasteiger partial charge in [-0.15, -0.1) is 0 Å². The fourth-order valence-corrected chi connectivity index (χ4v) is 6.69. The number of likely N-dealkylation sites (tertiary alicyclic amines) is 1. The summed E-state index contributed by atoms with van der Waals surface area (Å²) in [5, 5.41) is 10.4. The van der Waals surface area contributed by atoms with E-state index in [4.69, 9.17) is 0 Å². The molecule has 4 unspecified atom stereocenters. The van der Waals surface area contributed by atoms with E-state index in [0.29, 0.717) is 53.1 Å². The highest BCUT2D eigenvalue weighted by molar-refractivity contribution is 6.04. The van der Waals surface area contributed by atoms with Crippen molar-refractivity contribution in [2.75, 3.05) is 37.3 Å². The zero-order chi connectivity index (χ0) is 32.7. The number of aromatic nitrogens is 3. The molecule has 4 heterocycles. The number of hydrogen-bond acceptors (Lipinski definition) is 5. The van der Waals surface area contributed by atoms with Crippen LogP contribution in [0, 0.1) is 12.8 Å². The predicted molar refractivity (Wildman–Crippen MR) is 184 cm³/mol. The van der Waals surface area contributed by atoms with E-state index in [1.807, 2.05) is 43.9 Å². The van der Waals surface area contributed by atoms with E-state index >= 15 is 0 Å². The number of hydrogen-bond donors (Lipinski definition) is 2. The van der Waals surface area contributed by atoms with Gasteiger partial charge in [0.15, 0.2) is 0 Å². The molecule has 0 radical (unpaired) electrons. The number of amides is 2. The Hall–Kier alpha value is -3.56. The van der Waals surface area contributed by atoms with Crippen molar-refractivity contribution in [3.63, 3.8) is 0 Å². The molecule has 2 N–H and O–H groups in total. The molecule has 0 saturated carbocycles. The topological polar surface area (TPSA) is 92.2 Å². The molecule has 2 aromatic heterocycles. The average Bonchev–Trinajstić information content (AvgIpc) is 3.39. The van der Waals surface area contributed by atoms with Gasteiger partial charge in [-0.25, -0.2) is 0 Å². The summed E-state index contributed by atoms with van der Waals surface area (Å²) in [5.74, 6) is 0.194. The minimum atomic E-state index is -0.156. The second kappa shape index (κ2) is 15.1. The number of nitrogens with zero attached hydrogens (tertiary/aromatic N) is 5. The number of carbonyl (C=O) groups is 2. The maximum Gasteiger partial charge on any atom is 0.251 e. The molecule has 1 saturated heterocycles. The minimum Gasteiger partial charge on any atom is -0.325 e. The summed E-state index contributed by atoms with van der Waals surface area (Å²) in [6, 6.07) is 2.97. The van der Waals surface area contributed by atoms with Crippen molar-refractivity contribution in [3.8, 4) is 0 Å². The van der Waals surface area contributed by atoms with E-state index < -0.39 is 0 Å². The summed E-state index contributed by atoms with van der Waals surface area (Å²) in [5.41, 5.74) is 4.92. The molecular formula is C36H54N7O2+. The number of likely N-dealkylation sites (N-methyl/N-ethyl adjacent to an activating group) is 1. The first-order valence-electron chi connectivity index (χ1n) is 16.6. The Morgan fingerprint density at radius 3 is 2.69 bits per heavy atom. The number of nitrogens with one attached hydrogen (secondary N) is 2. The van der Waals surface area contributed by atoms with Crippen LogP contribution in [0.2, 0.25) is 0 Å². The summed E-state index contributed by atoms with van der Waals surface area (Å²) in [6.45, 7) is 15.6. The lowest BCUT2D eigenvalue weighted by Gasteiger charge is -2.43. The quantitative estimate of drug-likeness (QED) is 0.235. The van der Waals surface area contributed by atoms with Crippen LogP contribution in [-0.4, -0.2) is 80.8 Å². The molecule has 0 aliphatic carbocycles. The molecule has 2 aliphatic heterocycles. The first kappa shape index (κ1) is 34.3. The SMILES string of the molecule is CCC1C=CC(c2cnn(C)c2)=CC(C)[N+]1(C)CCC=C(C)C(=O)Nc1cc(NC(=O)CC2CCCN(C(C)C)C2)cnc1C. The molecule has 0 spiro atoms. The Morgan fingerprint density at radius 2 is 2.00 bits per heavy atom. The van der Waals surface area contributed by atoms with Crippen molar-refractivity contribution >= 4 is 28.8 Å². The van der Waals surface area contributed by atoms with Crippen LogP contribution in [-0.2, 0) is 16.6 Å². The first-order valence-corrected chi connectivity index (χ1v) is 16.6. The van der Waals surface area contributed by atoms with Gasteiger partial charge in [-0.05, 0) is 83.7 Å². The second-order valence-corrected chi connectivity index (χ2v) is 13.5. The van der Waals surface area contributed by atoms with Gasteiger partial charge in [0.05, 0.1) is 43.1 Å². The van der Waals surface area contributed by atoms with Gasteiger partial charge < -0.3 is 20.0 Å². The molecule has 0 aromatic carbocycles. The van der Waals surface area contributed by atoms with E-state index in [1.165, 1.54) is 5.57 Å². The fourth-order valence-electron chi connectivity index (χ4n) is 6.69. The number of anilines is 2. The summed E-state index contributed by atoms with van der Waals surface area (Å²) >= 11 is 0. The molecule has 4 atom stereocenters. The summed E-state index contributed by atoms with van der Waals surface area (Å²) in [7, 11) is 4.26. The second-order valence-electron chi connectivity index (χ2n) is 13.5. The zero-order valence-electron chi connectivity index (χ0n) is 28.6. The molecular weight excluding hydrogens is 562 g/mol. The molecule has 45 heavy (non-hydrogen) atoms. The molecule has 1 fully saturated rings. The van der Waals surface area contributed by atoms with Gasteiger partial charge in [-0.2, -0.15) is 5.10 Å². The van der Waals surface area contributed by atoms with E-state index in [0.717, 1.165) is 55.4 Å². The lowest BCUT2D eigenvalue weighted by Crippen LogP contribution is -2.56. The van der Waals surface area contributed by atoms with Gasteiger partial charge in [0.1, 0.15) is 12.1 Å². The maximum absolute atomic E-state index is 13.2. The summed E-state index contributed by atoms with van der Waals surface area (Å²) in [4.78, 5) is 33.0. The fraction of sp³-hybridized carbons (Fsp3) is 0.556. The Morgan fingerprint density at radius 1 is 1.22 bits per heavy atom. The molecule has 9 heteroatoms. The monoisotopic (exact) mass is 616 g/mol. The summed E-state index contributed by atoms with van der Waals surface area (Å²) in [6.07, 6.45) is 19.1. The van der Waals surface area contributed by atoms with Crippen molar-refractivity contribution in [1.82, 2.24) is 19.7 Å². The van der Waals surface area contributed by atoms with Crippen LogP contribution in [0.5, 0.6) is 0 Å². The molecule has 2 aliphatic rings. The predicted octanol–water partition coefficient (Wildman–Crippen LogP) is 6.11. The Bertz CT molecular complexity index is 1440. The van der Waals surface area contributed by atoms with Crippen LogP contribution in [0.25, 0.3) is 5.57 Å². The molecule has 9 nitrogen and oxygen atoms in total. The van der Waals surface area contributed by atoms with Crippen molar-refractivity contribution in [3.05, 3.63) is 65.8 Å². The lowest BCUT2D eigenvalue weighted by molar-refractivity contribution is -0.942. The highest BCUT2D eigenvalue weighted by Crippen LogP contribution is 2.30. The summed E-state index contributed by atoms with van der Waals surface area (Å²) < 4.78 is 2.70. The molecule has 2 amide bonds. The van der Waals surface area contributed by atoms with Crippen molar-refractivity contribution in [2.24, 2.45) is 13.0 Å². The Kier molecular flexibility index (Phi) is 11.6. The van der Waals surface area contributed by atoms with Gasteiger partial charge >= 0.3 is 0 Å². The van der Waals surface area contributed by atoms with Crippen LogP contribution in [0.4, 0.5) is 11.4 Å². The minimum absolute atomic E-state index is 0.00778. The third kappa shape index (κ3) is 8.79. The van der Waals surface area contributed by atoms with Crippen molar-refractivity contribution in [2.45, 2.75) is 91.8 Å². The first-order chi connectivity index (χ1) is 21.4. The van der Waals surface area contributed by atoms with Gasteiger partial charge in [-0.1, -0.05) is 19.1 Å². The van der Waals surface area contributed by atoms with Gasteiger partial charge in [0.25, 0.3) is 5.91 Å². The lowest BCUT2D eigenvalue weighted by atomic mass is 9.93. The van der Waals surface area contributed by atoms with E-state index in [1.54, 1.807) is 6.20 Å². The van der Waals surface area contributed by atoms with Gasteiger partial charge in [0.2, 0.25) is 5.91 Å². The maximum atomic E-state index is 13.2. The highest BCUT2D eigenvalue weighted by atomic mass is 16.2. The van der Waals surface area contributed by atoms with Crippen LogP contribution in [0.15, 0.2) is 54.5 Å². The van der Waals surface area contributed by atoms with Crippen LogP contribution in [0.1, 0.15) is 78.0 Å². The third-order valence-electron chi connectivity index (χ3n) is 9.86. The van der Waals surface area contributed by atoms with Crippen molar-refractivity contribution in [1.29, 1.82) is 0 Å². The van der Waals surface area contributed by atoms with Crippen molar-refractivity contribution < 1.29 is 14.1 Å². The normalized spacial score (nSPS) is 24.3. The molecule has 4 rings (SSSR count). The highest BCUT2D eigenvalue weighted by Gasteiger charge is 2.35. The number of quaternary nitrogens is 1. The van der Waals surface area contributed by atoms with Crippen LogP contribution >= 0.6 is 0 Å². The van der Waals surface area contributed by atoms with Gasteiger partial charge in [-0.3, -0.25) is 19.3 Å². The number of aryl methyl sites for hydroxylation is 2. The number of rotatable bonds is 11. The number of piperidine rings is 1. The number of allylic oxidation sites excluding steroid dienone is 2. The average molecular weight is 617 g/mol. The van der Waals surface area contributed by atoms with Crippen LogP contribution in [0.3, 0.4) is 0 Å². The smallest absolute Gasteiger partial charge is 0.251 e. The van der Waals surface area contributed by atoms with E-state index in [2.05, 4.69) is 84.8 Å². The Balaban J connectivity index is 1.35. The number of carbonyl (C=O) groups excluding carboxylic acids is 2. The third-order valence-corrected chi connectivity index (χ3v) is 9.86. The van der Waals surface area contributed by atoms with E-state index in [-0.39, 0.29) is 11.8 Å². The Labute approximate surface area is 270 Å². The zero-order valence-corrected chi connectivity index (χ0v) is 28.6. The van der Waals surface area contributed by atoms with Crippen LogP contribution < -0.4 is 10.6 Å². The largest absolute Gasteiger partial charge is 0.325 e. The molecule has 0 bridgehead atoms.